The van der Waals surface area contributed by atoms with Crippen LogP contribution in [0.1, 0.15) is 24.0 Å². The van der Waals surface area contributed by atoms with Gasteiger partial charge in [-0.2, -0.15) is 0 Å². The topological polar surface area (TPSA) is 57.6 Å². The molecule has 4 nitrogen and oxygen atoms in total. The quantitative estimate of drug-likeness (QED) is 0.894. The van der Waals surface area contributed by atoms with Crippen molar-refractivity contribution < 1.29 is 13.5 Å². The van der Waals surface area contributed by atoms with E-state index in [2.05, 4.69) is 0 Å². The summed E-state index contributed by atoms with van der Waals surface area (Å²) in [7, 11) is -1.88. The van der Waals surface area contributed by atoms with Gasteiger partial charge in [0.25, 0.3) is 0 Å². The van der Waals surface area contributed by atoms with E-state index in [9.17, 15) is 13.5 Å². The fourth-order valence-corrected chi connectivity index (χ4v) is 3.52. The van der Waals surface area contributed by atoms with Crippen LogP contribution in [0.25, 0.3) is 0 Å². The molecule has 1 fully saturated rings. The zero-order valence-electron chi connectivity index (χ0n) is 11.7. The molecule has 0 aromatic heterocycles. The van der Waals surface area contributed by atoms with E-state index in [0.29, 0.717) is 11.4 Å². The maximum Gasteiger partial charge on any atom is 0.242 e. The second-order valence-corrected chi connectivity index (χ2v) is 7.71. The van der Waals surface area contributed by atoms with E-state index in [1.165, 1.54) is 4.31 Å². The van der Waals surface area contributed by atoms with Gasteiger partial charge in [-0.3, -0.25) is 0 Å². The Morgan fingerprint density at radius 2 is 1.89 bits per heavy atom. The maximum atomic E-state index is 12.5. The highest BCUT2D eigenvalue weighted by Crippen LogP contribution is 2.46. The molecule has 0 radical (unpaired) electrons. The summed E-state index contributed by atoms with van der Waals surface area (Å²) in [5.74, 6) is 0. The lowest BCUT2D eigenvalue weighted by Crippen LogP contribution is -2.34. The monoisotopic (exact) mass is 283 g/mol. The molecule has 1 aromatic rings. The third kappa shape index (κ3) is 2.83. The highest BCUT2D eigenvalue weighted by atomic mass is 32.2. The number of sulfonamides is 1. The smallest absolute Gasteiger partial charge is 0.242 e. The van der Waals surface area contributed by atoms with Gasteiger partial charge in [0.05, 0.1) is 4.90 Å². The molecule has 106 valence electrons. The molecule has 0 heterocycles. The molecule has 1 aromatic carbocycles. The van der Waals surface area contributed by atoms with Crippen LogP contribution in [-0.2, 0) is 10.0 Å². The summed E-state index contributed by atoms with van der Waals surface area (Å²) in [4.78, 5) is 0.326. The minimum absolute atomic E-state index is 0.0553. The van der Waals surface area contributed by atoms with Crippen LogP contribution in [0.3, 0.4) is 0 Å². The van der Waals surface area contributed by atoms with Crippen LogP contribution in [0.15, 0.2) is 23.1 Å². The van der Waals surface area contributed by atoms with Gasteiger partial charge in [-0.05, 0) is 49.9 Å². The first-order chi connectivity index (χ1) is 8.81. The van der Waals surface area contributed by atoms with E-state index < -0.39 is 10.0 Å². The van der Waals surface area contributed by atoms with Crippen molar-refractivity contribution in [1.82, 2.24) is 4.31 Å². The number of hydrogen-bond donors (Lipinski definition) is 1. The van der Waals surface area contributed by atoms with Crippen molar-refractivity contribution >= 4 is 10.0 Å². The Labute approximate surface area is 115 Å². The minimum atomic E-state index is -3.46. The molecule has 0 aliphatic heterocycles. The predicted octanol–water partition coefficient (Wildman–Crippen LogP) is 1.70. The van der Waals surface area contributed by atoms with Gasteiger partial charge in [0.2, 0.25) is 10.0 Å². The number of hydrogen-bond acceptors (Lipinski definition) is 3. The molecule has 0 unspecified atom stereocenters. The van der Waals surface area contributed by atoms with E-state index >= 15 is 0 Å². The molecule has 1 aliphatic carbocycles. The first-order valence-corrected chi connectivity index (χ1v) is 7.89. The summed E-state index contributed by atoms with van der Waals surface area (Å²) in [5.41, 5.74) is 1.84. The summed E-state index contributed by atoms with van der Waals surface area (Å²) in [6.45, 7) is 4.31. The van der Waals surface area contributed by atoms with Crippen LogP contribution in [0.4, 0.5) is 0 Å². The van der Waals surface area contributed by atoms with Crippen LogP contribution in [-0.4, -0.2) is 38.0 Å². The van der Waals surface area contributed by atoms with Crippen LogP contribution < -0.4 is 0 Å². The van der Waals surface area contributed by atoms with Gasteiger partial charge in [-0.25, -0.2) is 12.7 Å². The minimum Gasteiger partial charge on any atom is -0.396 e. The van der Waals surface area contributed by atoms with E-state index in [1.54, 1.807) is 19.2 Å². The Hall–Kier alpha value is -0.910. The second-order valence-electron chi connectivity index (χ2n) is 5.67. The van der Waals surface area contributed by atoms with Crippen LogP contribution in [0.5, 0.6) is 0 Å². The van der Waals surface area contributed by atoms with Gasteiger partial charge >= 0.3 is 0 Å². The number of nitrogens with zero attached hydrogens (tertiary/aromatic N) is 1. The first-order valence-electron chi connectivity index (χ1n) is 6.45. The molecular formula is C14H21NO3S. The zero-order valence-corrected chi connectivity index (χ0v) is 12.5. The van der Waals surface area contributed by atoms with Gasteiger partial charge in [0, 0.05) is 25.6 Å². The normalized spacial score (nSPS) is 17.7. The summed E-state index contributed by atoms with van der Waals surface area (Å²) < 4.78 is 26.3. The summed E-state index contributed by atoms with van der Waals surface area (Å²) in [6, 6.07) is 5.18. The largest absolute Gasteiger partial charge is 0.396 e. The SMILES string of the molecule is Cc1ccc(S(=O)(=O)N(C)CC2(CO)CC2)cc1C. The second kappa shape index (κ2) is 4.89. The highest BCUT2D eigenvalue weighted by Gasteiger charge is 2.44. The van der Waals surface area contributed by atoms with Crippen LogP contribution >= 0.6 is 0 Å². The van der Waals surface area contributed by atoms with E-state index in [4.69, 9.17) is 0 Å². The molecular weight excluding hydrogens is 262 g/mol. The molecule has 19 heavy (non-hydrogen) atoms. The molecule has 0 bridgehead atoms. The lowest BCUT2D eigenvalue weighted by atomic mass is 10.1. The standard InChI is InChI=1S/C14H21NO3S/c1-11-4-5-13(8-12(11)2)19(17,18)15(3)9-14(10-16)6-7-14/h4-5,8,16H,6-7,9-10H2,1-3H3. The fraction of sp³-hybridized carbons (Fsp3) is 0.571. The zero-order chi connectivity index (χ0) is 14.3. The summed E-state index contributed by atoms with van der Waals surface area (Å²) in [6.07, 6.45) is 1.80. The van der Waals surface area contributed by atoms with Gasteiger partial charge in [0.15, 0.2) is 0 Å². The number of aliphatic hydroxyl groups is 1. The van der Waals surface area contributed by atoms with E-state index in [0.717, 1.165) is 24.0 Å². The van der Waals surface area contributed by atoms with Gasteiger partial charge in [-0.15, -0.1) is 0 Å². The summed E-state index contributed by atoms with van der Waals surface area (Å²) in [5, 5.41) is 9.30. The molecule has 1 N–H and O–H groups in total. The van der Waals surface area contributed by atoms with Gasteiger partial charge in [-0.1, -0.05) is 6.07 Å². The molecule has 0 amide bonds. The van der Waals surface area contributed by atoms with Crippen molar-refractivity contribution in [3.63, 3.8) is 0 Å². The Morgan fingerprint density at radius 3 is 2.37 bits per heavy atom. The Balaban J connectivity index is 2.23. The number of rotatable bonds is 5. The number of aliphatic hydroxyl groups excluding tert-OH is 1. The molecule has 0 spiro atoms. The lowest BCUT2D eigenvalue weighted by molar-refractivity contribution is 0.192. The molecule has 2 rings (SSSR count). The van der Waals surface area contributed by atoms with Gasteiger partial charge < -0.3 is 5.11 Å². The third-order valence-corrected chi connectivity index (χ3v) is 5.84. The Kier molecular flexibility index (Phi) is 3.73. The first kappa shape index (κ1) is 14.5. The highest BCUT2D eigenvalue weighted by molar-refractivity contribution is 7.89. The Morgan fingerprint density at radius 1 is 1.26 bits per heavy atom. The van der Waals surface area contributed by atoms with Crippen molar-refractivity contribution in [3.8, 4) is 0 Å². The van der Waals surface area contributed by atoms with Crippen molar-refractivity contribution in [1.29, 1.82) is 0 Å². The lowest BCUT2D eigenvalue weighted by Gasteiger charge is -2.22. The van der Waals surface area contributed by atoms with Crippen molar-refractivity contribution in [2.75, 3.05) is 20.2 Å². The number of aryl methyl sites for hydroxylation is 2. The molecule has 1 aliphatic rings. The number of benzene rings is 1. The van der Waals surface area contributed by atoms with Crippen LogP contribution in [0, 0.1) is 19.3 Å². The fourth-order valence-electron chi connectivity index (χ4n) is 2.15. The maximum absolute atomic E-state index is 12.5. The van der Waals surface area contributed by atoms with E-state index in [-0.39, 0.29) is 12.0 Å². The Bertz CT molecular complexity index is 576. The van der Waals surface area contributed by atoms with Crippen molar-refractivity contribution in [2.45, 2.75) is 31.6 Å². The summed E-state index contributed by atoms with van der Waals surface area (Å²) >= 11 is 0. The van der Waals surface area contributed by atoms with E-state index in [1.807, 2.05) is 19.9 Å². The molecule has 1 saturated carbocycles. The molecule has 0 saturated heterocycles. The molecule has 0 atom stereocenters. The molecule has 5 heteroatoms. The van der Waals surface area contributed by atoms with Crippen LogP contribution in [0.2, 0.25) is 0 Å². The average molecular weight is 283 g/mol. The van der Waals surface area contributed by atoms with Gasteiger partial charge in [0.1, 0.15) is 0 Å². The third-order valence-electron chi connectivity index (χ3n) is 4.04. The predicted molar refractivity (Wildman–Crippen MR) is 74.5 cm³/mol. The van der Waals surface area contributed by atoms with Crippen molar-refractivity contribution in [3.05, 3.63) is 29.3 Å². The average Bonchev–Trinajstić information content (AvgIpc) is 3.13. The van der Waals surface area contributed by atoms with Crippen molar-refractivity contribution in [2.24, 2.45) is 5.41 Å².